The van der Waals surface area contributed by atoms with Crippen LogP contribution in [-0.2, 0) is 21.8 Å². The van der Waals surface area contributed by atoms with Gasteiger partial charge in [0.25, 0.3) is 0 Å². The maximum absolute atomic E-state index is 12.1. The Labute approximate surface area is 151 Å². The number of nitriles is 1. The molecule has 0 radical (unpaired) electrons. The predicted octanol–water partition coefficient (Wildman–Crippen LogP) is 2.72. The number of carbonyl (C=O) groups excluding carboxylic acids is 2. The van der Waals surface area contributed by atoms with Gasteiger partial charge in [-0.3, -0.25) is 9.59 Å². The van der Waals surface area contributed by atoms with Gasteiger partial charge in [0.15, 0.2) is 0 Å². The lowest BCUT2D eigenvalue weighted by atomic mass is 10.1. The van der Waals surface area contributed by atoms with E-state index in [2.05, 4.69) is 16.7 Å². The number of para-hydroxylation sites is 1. The van der Waals surface area contributed by atoms with Crippen molar-refractivity contribution in [2.75, 3.05) is 18.1 Å². The summed E-state index contributed by atoms with van der Waals surface area (Å²) in [5, 5.41) is 14.2. The molecular weight excluding hydrogens is 334 g/mol. The second-order valence-corrected chi connectivity index (χ2v) is 6.34. The van der Waals surface area contributed by atoms with Crippen molar-refractivity contribution in [3.05, 3.63) is 65.2 Å². The standard InChI is InChI=1S/C19H19N3O2S/c1-21-18(23)10-16-4-2-3-5-17(16)22-19(24)13-25-12-15-8-6-14(11-20)7-9-15/h2-9H,10,12-13H2,1H3,(H,21,23)(H,22,24). The molecule has 2 amide bonds. The number of thioether (sulfide) groups is 1. The minimum absolute atomic E-state index is 0.100. The van der Waals surface area contributed by atoms with Crippen molar-refractivity contribution in [2.45, 2.75) is 12.2 Å². The normalized spacial score (nSPS) is 9.92. The Bertz CT molecular complexity index is 782. The van der Waals surface area contributed by atoms with Gasteiger partial charge in [0.1, 0.15) is 0 Å². The van der Waals surface area contributed by atoms with Crippen LogP contribution >= 0.6 is 11.8 Å². The Morgan fingerprint density at radius 1 is 1.08 bits per heavy atom. The lowest BCUT2D eigenvalue weighted by Crippen LogP contribution is -2.21. The molecule has 0 bridgehead atoms. The maximum Gasteiger partial charge on any atom is 0.234 e. The summed E-state index contributed by atoms with van der Waals surface area (Å²) >= 11 is 1.50. The molecule has 0 spiro atoms. The van der Waals surface area contributed by atoms with Crippen molar-refractivity contribution >= 4 is 29.3 Å². The molecule has 25 heavy (non-hydrogen) atoms. The van der Waals surface area contributed by atoms with E-state index in [4.69, 9.17) is 5.26 Å². The maximum atomic E-state index is 12.1. The molecule has 0 aliphatic carbocycles. The van der Waals surface area contributed by atoms with Crippen molar-refractivity contribution in [2.24, 2.45) is 0 Å². The fraction of sp³-hybridized carbons (Fsp3) is 0.211. The van der Waals surface area contributed by atoms with Gasteiger partial charge in [-0.15, -0.1) is 11.8 Å². The van der Waals surface area contributed by atoms with E-state index in [1.165, 1.54) is 11.8 Å². The van der Waals surface area contributed by atoms with E-state index in [-0.39, 0.29) is 18.2 Å². The highest BCUT2D eigenvalue weighted by molar-refractivity contribution is 7.99. The summed E-state index contributed by atoms with van der Waals surface area (Å²) < 4.78 is 0. The second-order valence-electron chi connectivity index (χ2n) is 5.36. The summed E-state index contributed by atoms with van der Waals surface area (Å²) in [6, 6.07) is 16.7. The zero-order valence-corrected chi connectivity index (χ0v) is 14.7. The third kappa shape index (κ3) is 5.98. The summed E-state index contributed by atoms with van der Waals surface area (Å²) in [6.45, 7) is 0. The molecule has 0 aliphatic rings. The fourth-order valence-corrected chi connectivity index (χ4v) is 2.97. The number of anilines is 1. The molecule has 0 heterocycles. The number of amides is 2. The van der Waals surface area contributed by atoms with Crippen LogP contribution in [-0.4, -0.2) is 24.6 Å². The first-order valence-electron chi connectivity index (χ1n) is 7.77. The minimum Gasteiger partial charge on any atom is -0.359 e. The van der Waals surface area contributed by atoms with Gasteiger partial charge in [0, 0.05) is 18.5 Å². The van der Waals surface area contributed by atoms with Crippen LogP contribution in [0.15, 0.2) is 48.5 Å². The van der Waals surface area contributed by atoms with Gasteiger partial charge in [-0.1, -0.05) is 30.3 Å². The smallest absolute Gasteiger partial charge is 0.234 e. The molecule has 2 N–H and O–H groups in total. The zero-order chi connectivity index (χ0) is 18.1. The second kappa shape index (κ2) is 9.50. The summed E-state index contributed by atoms with van der Waals surface area (Å²) in [5.74, 6) is 0.799. The van der Waals surface area contributed by atoms with Crippen molar-refractivity contribution in [3.63, 3.8) is 0 Å². The fourth-order valence-electron chi connectivity index (χ4n) is 2.18. The molecule has 5 nitrogen and oxygen atoms in total. The number of hydrogen-bond acceptors (Lipinski definition) is 4. The number of hydrogen-bond donors (Lipinski definition) is 2. The number of likely N-dealkylation sites (N-methyl/N-ethyl adjacent to an activating group) is 1. The molecular formula is C19H19N3O2S. The molecule has 0 saturated heterocycles. The van der Waals surface area contributed by atoms with Gasteiger partial charge >= 0.3 is 0 Å². The van der Waals surface area contributed by atoms with Gasteiger partial charge in [-0.05, 0) is 29.3 Å². The third-order valence-corrected chi connectivity index (χ3v) is 4.51. The van der Waals surface area contributed by atoms with Crippen molar-refractivity contribution < 1.29 is 9.59 Å². The van der Waals surface area contributed by atoms with Gasteiger partial charge in [0.2, 0.25) is 11.8 Å². The van der Waals surface area contributed by atoms with E-state index in [1.54, 1.807) is 25.2 Å². The Morgan fingerprint density at radius 3 is 2.48 bits per heavy atom. The van der Waals surface area contributed by atoms with Crippen LogP contribution in [0.1, 0.15) is 16.7 Å². The van der Waals surface area contributed by atoms with Crippen LogP contribution in [0.25, 0.3) is 0 Å². The molecule has 0 unspecified atom stereocenters. The highest BCUT2D eigenvalue weighted by Crippen LogP contribution is 2.17. The molecule has 128 valence electrons. The highest BCUT2D eigenvalue weighted by atomic mass is 32.2. The Balaban J connectivity index is 1.86. The molecule has 6 heteroatoms. The predicted molar refractivity (Wildman–Crippen MR) is 100 cm³/mol. The first-order valence-corrected chi connectivity index (χ1v) is 8.93. The van der Waals surface area contributed by atoms with Crippen LogP contribution in [0, 0.1) is 11.3 Å². The summed E-state index contributed by atoms with van der Waals surface area (Å²) in [4.78, 5) is 23.7. The summed E-state index contributed by atoms with van der Waals surface area (Å²) in [7, 11) is 1.59. The van der Waals surface area contributed by atoms with Crippen LogP contribution in [0.3, 0.4) is 0 Å². The van der Waals surface area contributed by atoms with Gasteiger partial charge in [-0.2, -0.15) is 5.26 Å². The van der Waals surface area contributed by atoms with Crippen LogP contribution in [0.5, 0.6) is 0 Å². The average molecular weight is 353 g/mol. The summed E-state index contributed by atoms with van der Waals surface area (Å²) in [5.41, 5.74) is 3.14. The van der Waals surface area contributed by atoms with E-state index in [1.807, 2.05) is 30.3 Å². The third-order valence-electron chi connectivity index (χ3n) is 3.51. The average Bonchev–Trinajstić information content (AvgIpc) is 2.63. The van der Waals surface area contributed by atoms with Gasteiger partial charge in [0.05, 0.1) is 23.8 Å². The molecule has 2 rings (SSSR count). The Kier molecular flexibility index (Phi) is 7.05. The van der Waals surface area contributed by atoms with Crippen molar-refractivity contribution in [1.29, 1.82) is 5.26 Å². The number of benzene rings is 2. The minimum atomic E-state index is -0.108. The Morgan fingerprint density at radius 2 is 1.80 bits per heavy atom. The van der Waals surface area contributed by atoms with E-state index in [0.717, 1.165) is 11.1 Å². The highest BCUT2D eigenvalue weighted by Gasteiger charge is 2.09. The van der Waals surface area contributed by atoms with E-state index >= 15 is 0 Å². The monoisotopic (exact) mass is 353 g/mol. The molecule has 0 fully saturated rings. The molecule has 0 aromatic heterocycles. The molecule has 0 aliphatic heterocycles. The number of nitrogens with zero attached hydrogens (tertiary/aromatic N) is 1. The van der Waals surface area contributed by atoms with Crippen LogP contribution < -0.4 is 10.6 Å². The van der Waals surface area contributed by atoms with Gasteiger partial charge < -0.3 is 10.6 Å². The van der Waals surface area contributed by atoms with Crippen molar-refractivity contribution in [3.8, 4) is 6.07 Å². The molecule has 2 aromatic rings. The van der Waals surface area contributed by atoms with Crippen LogP contribution in [0.2, 0.25) is 0 Å². The lowest BCUT2D eigenvalue weighted by molar-refractivity contribution is -0.120. The first-order chi connectivity index (χ1) is 12.1. The van der Waals surface area contributed by atoms with E-state index in [0.29, 0.717) is 22.8 Å². The Hall–Kier alpha value is -2.78. The first kappa shape index (κ1) is 18.6. The van der Waals surface area contributed by atoms with E-state index < -0.39 is 0 Å². The summed E-state index contributed by atoms with van der Waals surface area (Å²) in [6.07, 6.45) is 0.228. The SMILES string of the molecule is CNC(=O)Cc1ccccc1NC(=O)CSCc1ccc(C#N)cc1. The number of rotatable bonds is 7. The molecule has 0 atom stereocenters. The zero-order valence-electron chi connectivity index (χ0n) is 13.9. The van der Waals surface area contributed by atoms with Gasteiger partial charge in [-0.25, -0.2) is 0 Å². The lowest BCUT2D eigenvalue weighted by Gasteiger charge is -2.10. The number of nitrogens with one attached hydrogen (secondary N) is 2. The molecule has 0 saturated carbocycles. The molecule has 2 aromatic carbocycles. The largest absolute Gasteiger partial charge is 0.359 e. The van der Waals surface area contributed by atoms with E-state index in [9.17, 15) is 9.59 Å². The van der Waals surface area contributed by atoms with Crippen molar-refractivity contribution in [1.82, 2.24) is 5.32 Å². The quantitative estimate of drug-likeness (QED) is 0.802. The topological polar surface area (TPSA) is 82.0 Å². The number of carbonyl (C=O) groups is 2. The van der Waals surface area contributed by atoms with Crippen LogP contribution in [0.4, 0.5) is 5.69 Å².